The van der Waals surface area contributed by atoms with Crippen molar-refractivity contribution in [3.8, 4) is 22.5 Å². The summed E-state index contributed by atoms with van der Waals surface area (Å²) in [4.78, 5) is 25.6. The van der Waals surface area contributed by atoms with Crippen molar-refractivity contribution in [1.82, 2.24) is 19.9 Å². The third-order valence-electron chi connectivity index (χ3n) is 5.45. The summed E-state index contributed by atoms with van der Waals surface area (Å²) in [6.45, 7) is 1.40. The van der Waals surface area contributed by atoms with Gasteiger partial charge in [0, 0.05) is 42.2 Å². The Hall–Kier alpha value is -3.88. The number of anilines is 1. The molecule has 2 amide bonds. The van der Waals surface area contributed by atoms with Crippen LogP contribution in [0.3, 0.4) is 0 Å². The lowest BCUT2D eigenvalue weighted by Crippen LogP contribution is -2.32. The minimum absolute atomic E-state index is 0.164. The molecule has 5 rings (SSSR count). The minimum Gasteiger partial charge on any atom is -0.336 e. The molecule has 1 fully saturated rings. The van der Waals surface area contributed by atoms with E-state index in [0.717, 1.165) is 25.0 Å². The van der Waals surface area contributed by atoms with Crippen molar-refractivity contribution in [3.63, 3.8) is 0 Å². The van der Waals surface area contributed by atoms with E-state index in [9.17, 15) is 18.0 Å². The Bertz CT molecular complexity index is 1330. The average Bonchev–Trinajstić information content (AvgIpc) is 3.44. The van der Waals surface area contributed by atoms with Crippen molar-refractivity contribution < 1.29 is 18.0 Å². The van der Waals surface area contributed by atoms with Crippen LogP contribution in [-0.4, -0.2) is 39.0 Å². The van der Waals surface area contributed by atoms with Crippen LogP contribution < -0.4 is 5.32 Å². The molecule has 0 aliphatic carbocycles. The molecule has 0 bridgehead atoms. The Labute approximate surface area is 181 Å². The number of nitrogens with one attached hydrogen (secondary N) is 2. The van der Waals surface area contributed by atoms with E-state index >= 15 is 0 Å². The van der Waals surface area contributed by atoms with Gasteiger partial charge >= 0.3 is 6.03 Å². The standard InChI is InChI=1S/C23H18F3N5O/c24-14-3-5-16(19(26)10-14)13-9-20-22(27-12-13)30-21(29-20)17-11-15(4-6-18(17)25)28-23(32)31-7-1-2-8-31/h3-6,9-12H,1-2,7-8H2,(H,28,32)(H,27,29,30). The number of amides is 2. The van der Waals surface area contributed by atoms with Crippen molar-refractivity contribution in [2.24, 2.45) is 0 Å². The molecular formula is C23H18F3N5O. The van der Waals surface area contributed by atoms with Crippen molar-refractivity contribution in [3.05, 3.63) is 66.1 Å². The van der Waals surface area contributed by atoms with Gasteiger partial charge in [-0.05, 0) is 49.2 Å². The second-order valence-electron chi connectivity index (χ2n) is 7.62. The molecule has 32 heavy (non-hydrogen) atoms. The van der Waals surface area contributed by atoms with E-state index < -0.39 is 17.5 Å². The molecule has 1 saturated heterocycles. The van der Waals surface area contributed by atoms with Crippen molar-refractivity contribution in [1.29, 1.82) is 0 Å². The Morgan fingerprint density at radius 1 is 0.969 bits per heavy atom. The summed E-state index contributed by atoms with van der Waals surface area (Å²) in [7, 11) is 0. The number of H-pyrrole nitrogens is 1. The number of fused-ring (bicyclic) bond motifs is 1. The van der Waals surface area contributed by atoms with Crippen LogP contribution in [0.4, 0.5) is 23.7 Å². The zero-order valence-electron chi connectivity index (χ0n) is 16.8. The first-order valence-electron chi connectivity index (χ1n) is 10.1. The Morgan fingerprint density at radius 2 is 1.78 bits per heavy atom. The fourth-order valence-electron chi connectivity index (χ4n) is 3.81. The summed E-state index contributed by atoms with van der Waals surface area (Å²) in [6.07, 6.45) is 3.36. The second-order valence-corrected chi connectivity index (χ2v) is 7.62. The Balaban J connectivity index is 1.47. The van der Waals surface area contributed by atoms with E-state index in [2.05, 4.69) is 20.3 Å². The van der Waals surface area contributed by atoms with Crippen LogP contribution in [0.25, 0.3) is 33.7 Å². The minimum atomic E-state index is -0.710. The van der Waals surface area contributed by atoms with Gasteiger partial charge in [0.15, 0.2) is 5.65 Å². The zero-order chi connectivity index (χ0) is 22.2. The largest absolute Gasteiger partial charge is 0.336 e. The third kappa shape index (κ3) is 3.77. The monoisotopic (exact) mass is 437 g/mol. The lowest BCUT2D eigenvalue weighted by Gasteiger charge is -2.16. The van der Waals surface area contributed by atoms with Crippen LogP contribution in [0.2, 0.25) is 0 Å². The number of hydrogen-bond acceptors (Lipinski definition) is 3. The SMILES string of the molecule is O=C(Nc1ccc(F)c(-c2nc3ncc(-c4ccc(F)cc4F)cc3[nH]2)c1)N1CCCC1. The molecule has 0 atom stereocenters. The summed E-state index contributed by atoms with van der Waals surface area (Å²) in [6, 6.07) is 8.94. The van der Waals surface area contributed by atoms with Gasteiger partial charge in [0.2, 0.25) is 0 Å². The fourth-order valence-corrected chi connectivity index (χ4v) is 3.81. The number of carbonyl (C=O) groups is 1. The molecule has 2 aromatic carbocycles. The lowest BCUT2D eigenvalue weighted by molar-refractivity contribution is 0.222. The molecule has 6 nitrogen and oxygen atoms in total. The van der Waals surface area contributed by atoms with Crippen molar-refractivity contribution in [2.75, 3.05) is 18.4 Å². The normalized spacial score (nSPS) is 13.7. The topological polar surface area (TPSA) is 73.9 Å². The number of nitrogens with zero attached hydrogens (tertiary/aromatic N) is 3. The first-order valence-corrected chi connectivity index (χ1v) is 10.1. The maximum absolute atomic E-state index is 14.6. The maximum Gasteiger partial charge on any atom is 0.321 e. The number of hydrogen-bond donors (Lipinski definition) is 2. The number of aromatic amines is 1. The van der Waals surface area contributed by atoms with E-state index in [-0.39, 0.29) is 23.0 Å². The highest BCUT2D eigenvalue weighted by atomic mass is 19.1. The molecule has 3 heterocycles. The smallest absolute Gasteiger partial charge is 0.321 e. The van der Waals surface area contributed by atoms with Gasteiger partial charge in [-0.1, -0.05) is 0 Å². The van der Waals surface area contributed by atoms with Gasteiger partial charge < -0.3 is 15.2 Å². The Kier molecular flexibility index (Phi) is 5.01. The highest BCUT2D eigenvalue weighted by Gasteiger charge is 2.19. The average molecular weight is 437 g/mol. The molecule has 0 saturated carbocycles. The number of rotatable bonds is 3. The highest BCUT2D eigenvalue weighted by molar-refractivity contribution is 5.90. The quantitative estimate of drug-likeness (QED) is 0.455. The molecule has 2 aromatic heterocycles. The first-order chi connectivity index (χ1) is 15.5. The van der Waals surface area contributed by atoms with Gasteiger partial charge in [0.25, 0.3) is 0 Å². The molecule has 0 spiro atoms. The van der Waals surface area contributed by atoms with Gasteiger partial charge in [-0.2, -0.15) is 0 Å². The van der Waals surface area contributed by atoms with Gasteiger partial charge in [0.05, 0.1) is 11.1 Å². The van der Waals surface area contributed by atoms with E-state index in [4.69, 9.17) is 0 Å². The molecule has 1 aliphatic heterocycles. The van der Waals surface area contributed by atoms with E-state index in [0.29, 0.717) is 35.5 Å². The number of urea groups is 1. The van der Waals surface area contributed by atoms with E-state index in [1.807, 2.05) is 0 Å². The number of halogens is 3. The van der Waals surface area contributed by atoms with Gasteiger partial charge in [-0.3, -0.25) is 0 Å². The molecule has 1 aliphatic rings. The number of pyridine rings is 1. The predicted octanol–water partition coefficient (Wildman–Crippen LogP) is 5.34. The van der Waals surface area contributed by atoms with Crippen LogP contribution in [0.15, 0.2) is 48.7 Å². The molecule has 9 heteroatoms. The summed E-state index contributed by atoms with van der Waals surface area (Å²) < 4.78 is 41.9. The summed E-state index contributed by atoms with van der Waals surface area (Å²) >= 11 is 0. The number of aromatic nitrogens is 3. The first kappa shape index (κ1) is 20.0. The fraction of sp³-hybridized carbons (Fsp3) is 0.174. The maximum atomic E-state index is 14.6. The van der Waals surface area contributed by atoms with Crippen LogP contribution in [0.1, 0.15) is 12.8 Å². The molecule has 0 unspecified atom stereocenters. The highest BCUT2D eigenvalue weighted by Crippen LogP contribution is 2.29. The molecule has 0 radical (unpaired) electrons. The molecular weight excluding hydrogens is 419 g/mol. The van der Waals surface area contributed by atoms with Crippen molar-refractivity contribution >= 4 is 22.9 Å². The van der Waals surface area contributed by atoms with Crippen LogP contribution in [0, 0.1) is 17.5 Å². The summed E-state index contributed by atoms with van der Waals surface area (Å²) in [5, 5.41) is 2.79. The second kappa shape index (κ2) is 7.99. The predicted molar refractivity (Wildman–Crippen MR) is 114 cm³/mol. The van der Waals surface area contributed by atoms with Gasteiger partial charge in [-0.15, -0.1) is 0 Å². The van der Waals surface area contributed by atoms with Gasteiger partial charge in [0.1, 0.15) is 23.3 Å². The Morgan fingerprint density at radius 3 is 2.56 bits per heavy atom. The third-order valence-corrected chi connectivity index (χ3v) is 5.45. The molecule has 2 N–H and O–H groups in total. The zero-order valence-corrected chi connectivity index (χ0v) is 16.8. The van der Waals surface area contributed by atoms with Gasteiger partial charge in [-0.25, -0.2) is 27.9 Å². The number of likely N-dealkylation sites (tertiary alicyclic amines) is 1. The van der Waals surface area contributed by atoms with E-state index in [1.54, 1.807) is 11.0 Å². The van der Waals surface area contributed by atoms with Crippen LogP contribution in [0.5, 0.6) is 0 Å². The van der Waals surface area contributed by atoms with Crippen LogP contribution >= 0.6 is 0 Å². The number of imidazole rings is 1. The van der Waals surface area contributed by atoms with Crippen LogP contribution in [-0.2, 0) is 0 Å². The van der Waals surface area contributed by atoms with Crippen molar-refractivity contribution in [2.45, 2.75) is 12.8 Å². The number of carbonyl (C=O) groups excluding carboxylic acids is 1. The molecule has 4 aromatic rings. The molecule has 162 valence electrons. The van der Waals surface area contributed by atoms with E-state index in [1.165, 1.54) is 30.5 Å². The number of benzene rings is 2. The lowest BCUT2D eigenvalue weighted by atomic mass is 10.1. The summed E-state index contributed by atoms with van der Waals surface area (Å²) in [5.41, 5.74) is 2.01. The summed E-state index contributed by atoms with van der Waals surface area (Å²) in [5.74, 6) is -1.68.